The minimum Gasteiger partial charge on any atom is -0.365 e. The zero-order valence-electron chi connectivity index (χ0n) is 6.96. The Kier molecular flexibility index (Phi) is 2.84. The van der Waals surface area contributed by atoms with Crippen molar-refractivity contribution < 1.29 is 9.53 Å². The van der Waals surface area contributed by atoms with E-state index in [-0.39, 0.29) is 18.6 Å². The third-order valence-corrected chi connectivity index (χ3v) is 1.78. The molecule has 11 heavy (non-hydrogen) atoms. The first-order valence-corrected chi connectivity index (χ1v) is 3.74. The minimum atomic E-state index is 0.0670. The van der Waals surface area contributed by atoms with Crippen molar-refractivity contribution >= 4 is 5.91 Å². The fourth-order valence-electron chi connectivity index (χ4n) is 1.11. The van der Waals surface area contributed by atoms with Gasteiger partial charge in [0.25, 0.3) is 0 Å². The lowest BCUT2D eigenvalue weighted by atomic mass is 10.3. The summed E-state index contributed by atoms with van der Waals surface area (Å²) in [6.45, 7) is 1.72. The lowest BCUT2D eigenvalue weighted by Gasteiger charge is -2.29. The molecule has 0 aromatic carbocycles. The molecule has 0 saturated carbocycles. The zero-order chi connectivity index (χ0) is 8.27. The van der Waals surface area contributed by atoms with Crippen molar-refractivity contribution in [1.29, 1.82) is 0 Å². The van der Waals surface area contributed by atoms with Gasteiger partial charge in [0.2, 0.25) is 5.91 Å². The van der Waals surface area contributed by atoms with Gasteiger partial charge in [-0.05, 0) is 7.05 Å². The maximum atomic E-state index is 10.9. The van der Waals surface area contributed by atoms with Crippen LogP contribution in [0.5, 0.6) is 0 Å². The predicted molar refractivity (Wildman–Crippen MR) is 41.3 cm³/mol. The van der Waals surface area contributed by atoms with Gasteiger partial charge in [-0.2, -0.15) is 0 Å². The Morgan fingerprint density at radius 3 is 3.09 bits per heavy atom. The molecule has 0 aromatic heterocycles. The fraction of sp³-hybridized carbons (Fsp3) is 0.857. The molecular weight excluding hydrogens is 144 g/mol. The third kappa shape index (κ3) is 2.17. The number of hydrogen-bond acceptors (Lipinski definition) is 3. The summed E-state index contributed by atoms with van der Waals surface area (Å²) in [4.78, 5) is 12.6. The van der Waals surface area contributed by atoms with Gasteiger partial charge in [-0.3, -0.25) is 4.79 Å². The van der Waals surface area contributed by atoms with Crippen LogP contribution in [-0.4, -0.2) is 50.7 Å². The molecule has 1 aliphatic heterocycles. The molecule has 1 atom stereocenters. The van der Waals surface area contributed by atoms with Crippen LogP contribution in [-0.2, 0) is 9.53 Å². The van der Waals surface area contributed by atoms with E-state index < -0.39 is 0 Å². The number of morpholine rings is 1. The van der Waals surface area contributed by atoms with E-state index in [0.717, 1.165) is 6.54 Å². The van der Waals surface area contributed by atoms with Crippen LogP contribution < -0.4 is 5.32 Å². The maximum Gasteiger partial charge on any atom is 0.248 e. The van der Waals surface area contributed by atoms with Crippen molar-refractivity contribution in [1.82, 2.24) is 10.2 Å². The minimum absolute atomic E-state index is 0.0670. The quantitative estimate of drug-likeness (QED) is 0.564. The summed E-state index contributed by atoms with van der Waals surface area (Å²) in [7, 11) is 3.67. The van der Waals surface area contributed by atoms with Crippen LogP contribution in [0.1, 0.15) is 0 Å². The van der Waals surface area contributed by atoms with Gasteiger partial charge in [-0.15, -0.1) is 0 Å². The van der Waals surface area contributed by atoms with Gasteiger partial charge >= 0.3 is 0 Å². The van der Waals surface area contributed by atoms with Gasteiger partial charge < -0.3 is 15.0 Å². The second kappa shape index (κ2) is 3.69. The van der Waals surface area contributed by atoms with Crippen LogP contribution >= 0.6 is 0 Å². The maximum absolute atomic E-state index is 10.9. The van der Waals surface area contributed by atoms with Crippen molar-refractivity contribution in [3.63, 3.8) is 0 Å². The predicted octanol–water partition coefficient (Wildman–Crippen LogP) is -0.937. The van der Waals surface area contributed by atoms with E-state index >= 15 is 0 Å². The standard InChI is InChI=1S/C7H14N2O2/c1-8-3-6-4-9(2)7(10)5-11-6/h6,8H,3-5H2,1-2H3. The largest absolute Gasteiger partial charge is 0.365 e. The van der Waals surface area contributed by atoms with Gasteiger partial charge in [0.15, 0.2) is 0 Å². The number of nitrogens with one attached hydrogen (secondary N) is 1. The second-order valence-corrected chi connectivity index (χ2v) is 2.76. The Bertz CT molecular complexity index is 149. The zero-order valence-corrected chi connectivity index (χ0v) is 6.96. The number of rotatable bonds is 2. The smallest absolute Gasteiger partial charge is 0.248 e. The van der Waals surface area contributed by atoms with Gasteiger partial charge in [-0.25, -0.2) is 0 Å². The van der Waals surface area contributed by atoms with E-state index in [0.29, 0.717) is 6.54 Å². The molecule has 1 N–H and O–H groups in total. The molecular formula is C7H14N2O2. The number of likely N-dealkylation sites (N-methyl/N-ethyl adjacent to an activating group) is 2. The van der Waals surface area contributed by atoms with Crippen molar-refractivity contribution in [2.24, 2.45) is 0 Å². The monoisotopic (exact) mass is 158 g/mol. The SMILES string of the molecule is CNCC1CN(C)C(=O)CO1. The lowest BCUT2D eigenvalue weighted by Crippen LogP contribution is -2.47. The van der Waals surface area contributed by atoms with E-state index in [1.807, 2.05) is 7.05 Å². The van der Waals surface area contributed by atoms with E-state index in [1.165, 1.54) is 0 Å². The highest BCUT2D eigenvalue weighted by Crippen LogP contribution is 2.02. The summed E-state index contributed by atoms with van der Waals surface area (Å²) in [5, 5.41) is 3.01. The molecule has 1 amide bonds. The molecule has 1 aliphatic rings. The average molecular weight is 158 g/mol. The molecule has 64 valence electrons. The molecule has 1 heterocycles. The van der Waals surface area contributed by atoms with Crippen LogP contribution in [0.15, 0.2) is 0 Å². The van der Waals surface area contributed by atoms with E-state index in [2.05, 4.69) is 5.32 Å². The Labute approximate surface area is 66.5 Å². The van der Waals surface area contributed by atoms with Gasteiger partial charge in [0.05, 0.1) is 6.10 Å². The number of ether oxygens (including phenoxy) is 1. The van der Waals surface area contributed by atoms with Crippen molar-refractivity contribution in [3.8, 4) is 0 Å². The number of hydrogen-bond donors (Lipinski definition) is 1. The highest BCUT2D eigenvalue weighted by atomic mass is 16.5. The first kappa shape index (κ1) is 8.49. The summed E-state index contributed by atoms with van der Waals surface area (Å²) in [5.74, 6) is 0.0670. The average Bonchev–Trinajstić information content (AvgIpc) is 1.98. The summed E-state index contributed by atoms with van der Waals surface area (Å²) in [6.07, 6.45) is 0.155. The van der Waals surface area contributed by atoms with Crippen LogP contribution in [0.3, 0.4) is 0 Å². The molecule has 0 aliphatic carbocycles. The van der Waals surface area contributed by atoms with Gasteiger partial charge in [0, 0.05) is 20.1 Å². The van der Waals surface area contributed by atoms with Crippen molar-refractivity contribution in [2.75, 3.05) is 33.8 Å². The molecule has 0 bridgehead atoms. The number of amides is 1. The van der Waals surface area contributed by atoms with Crippen LogP contribution in [0.2, 0.25) is 0 Å². The van der Waals surface area contributed by atoms with Crippen molar-refractivity contribution in [2.45, 2.75) is 6.10 Å². The first-order chi connectivity index (χ1) is 5.24. The third-order valence-electron chi connectivity index (χ3n) is 1.78. The molecule has 1 rings (SSSR count). The Morgan fingerprint density at radius 2 is 2.55 bits per heavy atom. The normalized spacial score (nSPS) is 25.8. The number of carbonyl (C=O) groups excluding carboxylic acids is 1. The molecule has 1 fully saturated rings. The summed E-state index contributed by atoms with van der Waals surface area (Å²) in [5.41, 5.74) is 0. The van der Waals surface area contributed by atoms with Crippen LogP contribution in [0.4, 0.5) is 0 Å². The van der Waals surface area contributed by atoms with Gasteiger partial charge in [-0.1, -0.05) is 0 Å². The van der Waals surface area contributed by atoms with Crippen LogP contribution in [0.25, 0.3) is 0 Å². The van der Waals surface area contributed by atoms with Crippen LogP contribution in [0, 0.1) is 0 Å². The molecule has 4 heteroatoms. The second-order valence-electron chi connectivity index (χ2n) is 2.76. The molecule has 1 unspecified atom stereocenters. The molecule has 4 nitrogen and oxygen atoms in total. The summed E-state index contributed by atoms with van der Waals surface area (Å²) >= 11 is 0. The Morgan fingerprint density at radius 1 is 1.82 bits per heavy atom. The van der Waals surface area contributed by atoms with E-state index in [1.54, 1.807) is 11.9 Å². The molecule has 1 saturated heterocycles. The van der Waals surface area contributed by atoms with Crippen molar-refractivity contribution in [3.05, 3.63) is 0 Å². The Balaban J connectivity index is 2.33. The Hall–Kier alpha value is -0.610. The summed E-state index contributed by atoms with van der Waals surface area (Å²) in [6, 6.07) is 0. The fourth-order valence-corrected chi connectivity index (χ4v) is 1.11. The summed E-state index contributed by atoms with van der Waals surface area (Å²) < 4.78 is 5.25. The molecule has 0 spiro atoms. The number of carbonyl (C=O) groups is 1. The molecule has 0 aromatic rings. The molecule has 0 radical (unpaired) electrons. The number of nitrogens with zero attached hydrogens (tertiary/aromatic N) is 1. The van der Waals surface area contributed by atoms with E-state index in [9.17, 15) is 4.79 Å². The lowest BCUT2D eigenvalue weighted by molar-refractivity contribution is -0.146. The highest BCUT2D eigenvalue weighted by Gasteiger charge is 2.22. The highest BCUT2D eigenvalue weighted by molar-refractivity contribution is 5.77. The van der Waals surface area contributed by atoms with E-state index in [4.69, 9.17) is 4.74 Å². The van der Waals surface area contributed by atoms with Gasteiger partial charge in [0.1, 0.15) is 6.61 Å². The first-order valence-electron chi connectivity index (χ1n) is 3.74. The topological polar surface area (TPSA) is 41.6 Å².